The van der Waals surface area contributed by atoms with Crippen LogP contribution in [-0.2, 0) is 16.6 Å². The third kappa shape index (κ3) is 6.04. The number of aliphatic carboxylic acids is 1. The van der Waals surface area contributed by atoms with E-state index in [9.17, 15) is 14.7 Å². The number of carbonyl (C=O) groups excluding carboxylic acids is 1. The van der Waals surface area contributed by atoms with Gasteiger partial charge >= 0.3 is 5.97 Å². The van der Waals surface area contributed by atoms with Crippen molar-refractivity contribution in [2.45, 2.75) is 38.6 Å². The molecule has 0 unspecified atom stereocenters. The van der Waals surface area contributed by atoms with E-state index < -0.39 is 12.0 Å². The molecule has 2 aromatic heterocycles. The average molecular weight is 536 g/mol. The summed E-state index contributed by atoms with van der Waals surface area (Å²) in [5, 5.41) is 14.8. The van der Waals surface area contributed by atoms with Crippen LogP contribution in [0.25, 0.3) is 33.3 Å². The molecule has 196 valence electrons. The molecule has 7 heteroatoms. The molecule has 0 fully saturated rings. The molecule has 5 aromatic rings. The zero-order valence-corrected chi connectivity index (χ0v) is 22.8. The van der Waals surface area contributed by atoms with Crippen molar-refractivity contribution in [3.63, 3.8) is 0 Å². The molecule has 0 bridgehead atoms. The van der Waals surface area contributed by atoms with Crippen LogP contribution in [0.3, 0.4) is 0 Å². The second-order valence-electron chi connectivity index (χ2n) is 10.5. The molecule has 2 N–H and O–H groups in total. The zero-order chi connectivity index (χ0) is 27.6. The van der Waals surface area contributed by atoms with Gasteiger partial charge in [0.1, 0.15) is 6.04 Å². The van der Waals surface area contributed by atoms with Gasteiger partial charge in [0, 0.05) is 34.8 Å². The molecule has 0 radical (unpaired) electrons. The van der Waals surface area contributed by atoms with Crippen LogP contribution in [0.1, 0.15) is 40.9 Å². The molecule has 1 amide bonds. The van der Waals surface area contributed by atoms with Crippen molar-refractivity contribution in [3.8, 4) is 22.5 Å². The van der Waals surface area contributed by atoms with Crippen LogP contribution in [-0.4, -0.2) is 33.0 Å². The first-order valence-corrected chi connectivity index (χ1v) is 13.5. The maximum absolute atomic E-state index is 12.7. The van der Waals surface area contributed by atoms with E-state index in [1.807, 2.05) is 54.9 Å². The zero-order valence-electron chi connectivity index (χ0n) is 22.0. The molecule has 0 saturated heterocycles. The van der Waals surface area contributed by atoms with Gasteiger partial charge in [-0.15, -0.1) is 11.3 Å². The first kappa shape index (κ1) is 26.3. The second-order valence-corrected chi connectivity index (χ2v) is 11.6. The number of hydrogen-bond donors (Lipinski definition) is 2. The standard InChI is InChI=1S/C32H29N3O3S/c1-32(2,3)28-15-14-27(39-28)30(36)35-26(31(37)38)16-20-8-10-22(11-9-20)29-33-18-25(19-34-29)24-13-12-21-6-4-5-7-23(21)17-24/h4-15,17-19,26H,16H2,1-3H3,(H,35,36)(H,37,38)/t26-/m0/s1. The monoisotopic (exact) mass is 535 g/mol. The maximum atomic E-state index is 12.7. The lowest BCUT2D eigenvalue weighted by molar-refractivity contribution is -0.139. The first-order chi connectivity index (χ1) is 18.7. The summed E-state index contributed by atoms with van der Waals surface area (Å²) in [6.07, 6.45) is 3.79. The number of nitrogens with zero attached hydrogens (tertiary/aromatic N) is 2. The summed E-state index contributed by atoms with van der Waals surface area (Å²) >= 11 is 1.39. The van der Waals surface area contributed by atoms with Crippen molar-refractivity contribution in [1.82, 2.24) is 15.3 Å². The third-order valence-electron chi connectivity index (χ3n) is 6.56. The third-order valence-corrected chi connectivity index (χ3v) is 8.07. The summed E-state index contributed by atoms with van der Waals surface area (Å²) in [6, 6.07) is 24.6. The quantitative estimate of drug-likeness (QED) is 0.241. The number of rotatable bonds is 7. The highest BCUT2D eigenvalue weighted by Crippen LogP contribution is 2.29. The maximum Gasteiger partial charge on any atom is 0.326 e. The van der Waals surface area contributed by atoms with E-state index in [0.29, 0.717) is 10.7 Å². The fraction of sp³-hybridized carbons (Fsp3) is 0.188. The highest BCUT2D eigenvalue weighted by Gasteiger charge is 2.24. The molecular weight excluding hydrogens is 506 g/mol. The van der Waals surface area contributed by atoms with Crippen molar-refractivity contribution in [1.29, 1.82) is 0 Å². The number of carbonyl (C=O) groups is 2. The molecule has 3 aromatic carbocycles. The highest BCUT2D eigenvalue weighted by atomic mass is 32.1. The van der Waals surface area contributed by atoms with E-state index in [1.165, 1.54) is 16.7 Å². The molecule has 39 heavy (non-hydrogen) atoms. The number of carboxylic acid groups (broad SMARTS) is 1. The minimum absolute atomic E-state index is 0.0718. The van der Waals surface area contributed by atoms with Crippen molar-refractivity contribution in [2.24, 2.45) is 0 Å². The van der Waals surface area contributed by atoms with Crippen LogP contribution < -0.4 is 5.32 Å². The van der Waals surface area contributed by atoms with Gasteiger partial charge in [0.25, 0.3) is 5.91 Å². The van der Waals surface area contributed by atoms with Crippen molar-refractivity contribution in [3.05, 3.63) is 107 Å². The molecule has 0 aliphatic heterocycles. The molecule has 0 spiro atoms. The summed E-state index contributed by atoms with van der Waals surface area (Å²) in [7, 11) is 0. The van der Waals surface area contributed by atoms with Crippen molar-refractivity contribution < 1.29 is 14.7 Å². The van der Waals surface area contributed by atoms with E-state index in [1.54, 1.807) is 6.07 Å². The minimum Gasteiger partial charge on any atom is -0.480 e. The van der Waals surface area contributed by atoms with Crippen molar-refractivity contribution >= 4 is 34.0 Å². The van der Waals surface area contributed by atoms with Gasteiger partial charge in [0.05, 0.1) is 4.88 Å². The summed E-state index contributed by atoms with van der Waals surface area (Å²) in [4.78, 5) is 35.3. The number of amides is 1. The number of nitrogens with one attached hydrogen (secondary N) is 1. The summed E-state index contributed by atoms with van der Waals surface area (Å²) in [5.41, 5.74) is 3.53. The van der Waals surface area contributed by atoms with Gasteiger partial charge in [-0.25, -0.2) is 14.8 Å². The lowest BCUT2D eigenvalue weighted by Crippen LogP contribution is -2.42. The topological polar surface area (TPSA) is 92.2 Å². The van der Waals surface area contributed by atoms with Gasteiger partial charge < -0.3 is 10.4 Å². The number of benzene rings is 3. The van der Waals surface area contributed by atoms with Crippen LogP contribution >= 0.6 is 11.3 Å². The van der Waals surface area contributed by atoms with Crippen LogP contribution in [0.5, 0.6) is 0 Å². The fourth-order valence-electron chi connectivity index (χ4n) is 4.31. The summed E-state index contributed by atoms with van der Waals surface area (Å²) in [6.45, 7) is 6.23. The molecule has 0 aliphatic carbocycles. The first-order valence-electron chi connectivity index (χ1n) is 12.7. The van der Waals surface area contributed by atoms with Gasteiger partial charge in [-0.05, 0) is 45.5 Å². The van der Waals surface area contributed by atoms with Crippen LogP contribution in [0, 0.1) is 0 Å². The normalized spacial score (nSPS) is 12.3. The Balaban J connectivity index is 1.26. The Morgan fingerprint density at radius 1 is 0.846 bits per heavy atom. The Morgan fingerprint density at radius 3 is 2.15 bits per heavy atom. The number of thiophene rings is 1. The fourth-order valence-corrected chi connectivity index (χ4v) is 5.28. The van der Waals surface area contributed by atoms with E-state index in [2.05, 4.69) is 66.4 Å². The summed E-state index contributed by atoms with van der Waals surface area (Å²) < 4.78 is 0. The largest absolute Gasteiger partial charge is 0.480 e. The lowest BCUT2D eigenvalue weighted by atomic mass is 9.95. The Bertz CT molecular complexity index is 1630. The Labute approximate surface area is 231 Å². The van der Waals surface area contributed by atoms with E-state index in [4.69, 9.17) is 0 Å². The number of fused-ring (bicyclic) bond motifs is 1. The molecule has 5 rings (SSSR count). The second kappa shape index (κ2) is 10.8. The smallest absolute Gasteiger partial charge is 0.326 e. The van der Waals surface area contributed by atoms with Crippen LogP contribution in [0.2, 0.25) is 0 Å². The minimum atomic E-state index is -1.08. The number of aromatic nitrogens is 2. The van der Waals surface area contributed by atoms with E-state index >= 15 is 0 Å². The van der Waals surface area contributed by atoms with Gasteiger partial charge in [-0.3, -0.25) is 4.79 Å². The lowest BCUT2D eigenvalue weighted by Gasteiger charge is -2.16. The van der Waals surface area contributed by atoms with Gasteiger partial charge in [-0.1, -0.05) is 81.4 Å². The molecular formula is C32H29N3O3S. The summed E-state index contributed by atoms with van der Waals surface area (Å²) in [5.74, 6) is -0.867. The predicted molar refractivity (Wildman–Crippen MR) is 156 cm³/mol. The molecule has 6 nitrogen and oxygen atoms in total. The number of hydrogen-bond acceptors (Lipinski definition) is 5. The molecule has 2 heterocycles. The molecule has 1 atom stereocenters. The number of carboxylic acids is 1. The predicted octanol–water partition coefficient (Wildman–Crippen LogP) is 6.75. The Morgan fingerprint density at radius 2 is 1.51 bits per heavy atom. The van der Waals surface area contributed by atoms with Crippen LogP contribution in [0.4, 0.5) is 0 Å². The molecule has 0 saturated carbocycles. The SMILES string of the molecule is CC(C)(C)c1ccc(C(=O)N[C@@H](Cc2ccc(-c3ncc(-c4ccc5ccccc5c4)cn3)cc2)C(=O)O)s1. The van der Waals surface area contributed by atoms with Crippen molar-refractivity contribution in [2.75, 3.05) is 0 Å². The van der Waals surface area contributed by atoms with E-state index in [0.717, 1.165) is 32.5 Å². The van der Waals surface area contributed by atoms with Gasteiger partial charge in [0.2, 0.25) is 0 Å². The van der Waals surface area contributed by atoms with Gasteiger partial charge in [0.15, 0.2) is 5.82 Å². The average Bonchev–Trinajstić information content (AvgIpc) is 3.44. The Hall–Kier alpha value is -4.36. The van der Waals surface area contributed by atoms with Gasteiger partial charge in [-0.2, -0.15) is 0 Å². The van der Waals surface area contributed by atoms with Crippen LogP contribution in [0.15, 0.2) is 91.3 Å². The highest BCUT2D eigenvalue weighted by molar-refractivity contribution is 7.14. The Kier molecular flexibility index (Phi) is 7.26. The molecule has 0 aliphatic rings. The van der Waals surface area contributed by atoms with E-state index in [-0.39, 0.29) is 17.7 Å².